The van der Waals surface area contributed by atoms with Gasteiger partial charge in [0.15, 0.2) is 0 Å². The van der Waals surface area contributed by atoms with E-state index in [2.05, 4.69) is 12.2 Å². The zero-order valence-electron chi connectivity index (χ0n) is 18.4. The van der Waals surface area contributed by atoms with E-state index in [-0.39, 0.29) is 23.1 Å². The molecule has 2 amide bonds. The number of nitrogens with one attached hydrogen (secondary N) is 1. The first kappa shape index (κ1) is 23.1. The molecule has 3 rings (SSSR count). The van der Waals surface area contributed by atoms with Crippen LogP contribution in [0, 0.1) is 5.92 Å². The van der Waals surface area contributed by atoms with Crippen molar-refractivity contribution >= 4 is 23.4 Å². The van der Waals surface area contributed by atoms with Crippen molar-refractivity contribution in [2.45, 2.75) is 46.1 Å². The van der Waals surface area contributed by atoms with Crippen LogP contribution in [-0.2, 0) is 6.42 Å². The first-order chi connectivity index (χ1) is 14.8. The second-order valence-corrected chi connectivity index (χ2v) is 9.00. The van der Waals surface area contributed by atoms with Crippen LogP contribution >= 0.6 is 11.6 Å². The van der Waals surface area contributed by atoms with E-state index < -0.39 is 11.3 Å². The third kappa shape index (κ3) is 5.76. The molecule has 2 heterocycles. The molecule has 6 nitrogen and oxygen atoms in total. The highest BCUT2D eigenvalue weighted by atomic mass is 35.5. The Labute approximate surface area is 188 Å². The van der Waals surface area contributed by atoms with Crippen molar-refractivity contribution in [2.24, 2.45) is 5.92 Å². The lowest BCUT2D eigenvalue weighted by molar-refractivity contribution is 0.0695. The van der Waals surface area contributed by atoms with Gasteiger partial charge in [0.05, 0.1) is 0 Å². The Bertz CT molecular complexity index is 1010. The number of rotatable bonds is 6. The Hall–Kier alpha value is -2.60. The van der Waals surface area contributed by atoms with Gasteiger partial charge in [-0.3, -0.25) is 14.4 Å². The van der Waals surface area contributed by atoms with Crippen molar-refractivity contribution in [2.75, 3.05) is 19.6 Å². The Morgan fingerprint density at radius 3 is 2.48 bits per heavy atom. The summed E-state index contributed by atoms with van der Waals surface area (Å²) in [5, 5.41) is 3.45. The largest absolute Gasteiger partial charge is 0.352 e. The normalized spacial score (nSPS) is 14.7. The number of likely N-dealkylation sites (tertiary alicyclic amines) is 1. The molecule has 0 radical (unpaired) electrons. The number of carbonyl (C=O) groups is 2. The average Bonchev–Trinajstić information content (AvgIpc) is 2.73. The van der Waals surface area contributed by atoms with Gasteiger partial charge in [0.25, 0.3) is 11.8 Å². The van der Waals surface area contributed by atoms with Crippen LogP contribution in [0.1, 0.15) is 65.9 Å². The van der Waals surface area contributed by atoms with Gasteiger partial charge in [-0.15, -0.1) is 0 Å². The molecule has 1 N–H and O–H groups in total. The zero-order valence-corrected chi connectivity index (χ0v) is 19.1. The van der Waals surface area contributed by atoms with Gasteiger partial charge in [-0.05, 0) is 56.7 Å². The first-order valence-corrected chi connectivity index (χ1v) is 11.2. The molecule has 0 unspecified atom stereocenters. The summed E-state index contributed by atoms with van der Waals surface area (Å²) in [7, 11) is 0. The summed E-state index contributed by atoms with van der Waals surface area (Å²) in [5.41, 5.74) is 0.540. The Morgan fingerprint density at radius 1 is 1.16 bits per heavy atom. The maximum Gasteiger partial charge on any atom is 0.259 e. The molecule has 0 spiro atoms. The number of nitrogens with zero attached hydrogens (tertiary/aromatic N) is 2. The molecule has 0 saturated carbocycles. The maximum absolute atomic E-state index is 13.1. The quantitative estimate of drug-likeness (QED) is 0.735. The summed E-state index contributed by atoms with van der Waals surface area (Å²) < 4.78 is 1.76. The van der Waals surface area contributed by atoms with E-state index >= 15 is 0 Å². The topological polar surface area (TPSA) is 71.4 Å². The van der Waals surface area contributed by atoms with Crippen molar-refractivity contribution < 1.29 is 9.59 Å². The smallest absolute Gasteiger partial charge is 0.259 e. The van der Waals surface area contributed by atoms with E-state index in [1.165, 1.54) is 6.20 Å². The predicted molar refractivity (Wildman–Crippen MR) is 123 cm³/mol. The lowest BCUT2D eigenvalue weighted by Crippen LogP contribution is -2.41. The van der Waals surface area contributed by atoms with Crippen LogP contribution in [0.3, 0.4) is 0 Å². The molecular formula is C24H30ClN3O3. The molecule has 166 valence electrons. The lowest BCUT2D eigenvalue weighted by atomic mass is 9.98. The second kappa shape index (κ2) is 10.1. The van der Waals surface area contributed by atoms with Crippen LogP contribution in [0.15, 0.2) is 41.5 Å². The van der Waals surface area contributed by atoms with E-state index in [0.717, 1.165) is 18.4 Å². The minimum absolute atomic E-state index is 0.00368. The SMILES string of the molecule is CC1CCN(C(=O)c2cn(C(C)C)cc(C(=O)NCCc3cccc(Cl)c3)c2=O)CC1. The molecule has 2 aromatic rings. The van der Waals surface area contributed by atoms with Gasteiger partial charge in [-0.2, -0.15) is 0 Å². The molecule has 1 fully saturated rings. The van der Waals surface area contributed by atoms with Gasteiger partial charge in [0, 0.05) is 43.1 Å². The molecule has 0 atom stereocenters. The summed E-state index contributed by atoms with van der Waals surface area (Å²) in [5.74, 6) is -0.184. The molecule has 31 heavy (non-hydrogen) atoms. The Kier molecular flexibility index (Phi) is 7.55. The predicted octanol–water partition coefficient (Wildman–Crippen LogP) is 3.93. The molecule has 0 aliphatic carbocycles. The summed E-state index contributed by atoms with van der Waals surface area (Å²) >= 11 is 6.00. The first-order valence-electron chi connectivity index (χ1n) is 10.8. The van der Waals surface area contributed by atoms with Gasteiger partial charge >= 0.3 is 0 Å². The fourth-order valence-corrected chi connectivity index (χ4v) is 3.91. The molecule has 1 aromatic carbocycles. The molecule has 1 aliphatic heterocycles. The van der Waals surface area contributed by atoms with Gasteiger partial charge in [-0.1, -0.05) is 30.7 Å². The van der Waals surface area contributed by atoms with E-state index in [4.69, 9.17) is 11.6 Å². The van der Waals surface area contributed by atoms with Gasteiger partial charge in [0.1, 0.15) is 11.1 Å². The number of carbonyl (C=O) groups excluding carboxylic acids is 2. The minimum Gasteiger partial charge on any atom is -0.352 e. The zero-order chi connectivity index (χ0) is 22.5. The van der Waals surface area contributed by atoms with E-state index in [1.54, 1.807) is 21.7 Å². The van der Waals surface area contributed by atoms with Crippen molar-refractivity contribution in [3.05, 3.63) is 68.6 Å². The third-order valence-corrected chi connectivity index (χ3v) is 6.01. The van der Waals surface area contributed by atoms with Gasteiger partial charge in [0.2, 0.25) is 5.43 Å². The summed E-state index contributed by atoms with van der Waals surface area (Å²) in [6.45, 7) is 7.70. The lowest BCUT2D eigenvalue weighted by Gasteiger charge is -2.30. The molecule has 7 heteroatoms. The third-order valence-electron chi connectivity index (χ3n) is 5.78. The summed E-state index contributed by atoms with van der Waals surface area (Å²) in [6.07, 6.45) is 5.56. The van der Waals surface area contributed by atoms with Crippen molar-refractivity contribution in [3.8, 4) is 0 Å². The van der Waals surface area contributed by atoms with E-state index in [1.807, 2.05) is 32.0 Å². The highest BCUT2D eigenvalue weighted by Crippen LogP contribution is 2.18. The molecule has 0 bridgehead atoms. The highest BCUT2D eigenvalue weighted by Gasteiger charge is 2.26. The minimum atomic E-state index is -0.513. The summed E-state index contributed by atoms with van der Waals surface area (Å²) in [6, 6.07) is 7.44. The number of aromatic nitrogens is 1. The molecule has 1 aromatic heterocycles. The highest BCUT2D eigenvalue weighted by molar-refractivity contribution is 6.30. The van der Waals surface area contributed by atoms with Crippen LogP contribution in [0.2, 0.25) is 5.02 Å². The van der Waals surface area contributed by atoms with E-state index in [9.17, 15) is 14.4 Å². The van der Waals surface area contributed by atoms with Crippen molar-refractivity contribution in [3.63, 3.8) is 0 Å². The van der Waals surface area contributed by atoms with Crippen LogP contribution in [0.25, 0.3) is 0 Å². The van der Waals surface area contributed by atoms with Crippen molar-refractivity contribution in [1.29, 1.82) is 0 Å². The van der Waals surface area contributed by atoms with Gasteiger partial charge < -0.3 is 14.8 Å². The van der Waals surface area contributed by atoms with Gasteiger partial charge in [-0.25, -0.2) is 0 Å². The van der Waals surface area contributed by atoms with E-state index in [0.29, 0.717) is 37.0 Å². The Morgan fingerprint density at radius 2 is 1.84 bits per heavy atom. The molecule has 1 saturated heterocycles. The standard InChI is InChI=1S/C24H30ClN3O3/c1-16(2)28-14-20(23(30)26-10-7-18-5-4-6-19(25)13-18)22(29)21(15-28)24(31)27-11-8-17(3)9-12-27/h4-6,13-17H,7-12H2,1-3H3,(H,26,30). The monoisotopic (exact) mass is 443 g/mol. The van der Waals surface area contributed by atoms with Crippen LogP contribution < -0.4 is 10.7 Å². The van der Waals surface area contributed by atoms with Crippen LogP contribution in [0.5, 0.6) is 0 Å². The van der Waals surface area contributed by atoms with Crippen LogP contribution in [-0.4, -0.2) is 40.9 Å². The fraction of sp³-hybridized carbons (Fsp3) is 0.458. The molecular weight excluding hydrogens is 414 g/mol. The Balaban J connectivity index is 1.79. The number of hydrogen-bond acceptors (Lipinski definition) is 3. The number of benzene rings is 1. The second-order valence-electron chi connectivity index (χ2n) is 8.57. The summed E-state index contributed by atoms with van der Waals surface area (Å²) in [4.78, 5) is 40.7. The number of piperidine rings is 1. The number of hydrogen-bond donors (Lipinski definition) is 1. The average molecular weight is 444 g/mol. The van der Waals surface area contributed by atoms with Crippen LogP contribution in [0.4, 0.5) is 0 Å². The van der Waals surface area contributed by atoms with Crippen molar-refractivity contribution in [1.82, 2.24) is 14.8 Å². The number of pyridine rings is 1. The fourth-order valence-electron chi connectivity index (χ4n) is 3.70. The molecule has 1 aliphatic rings. The maximum atomic E-state index is 13.1. The number of halogens is 1. The number of amides is 2.